The molecule has 0 aliphatic heterocycles. The van der Waals surface area contributed by atoms with E-state index in [9.17, 15) is 19.6 Å². The lowest BCUT2D eigenvalue weighted by atomic mass is 9.89. The van der Waals surface area contributed by atoms with Gasteiger partial charge in [0.25, 0.3) is 0 Å². The first-order valence-electron chi connectivity index (χ1n) is 7.22. The van der Waals surface area contributed by atoms with Crippen molar-refractivity contribution in [3.8, 4) is 5.75 Å². The van der Waals surface area contributed by atoms with E-state index in [-0.39, 0.29) is 47.3 Å². The van der Waals surface area contributed by atoms with Crippen molar-refractivity contribution in [2.75, 3.05) is 0 Å². The SMILES string of the molecule is CC(CC(=O)C1=CC=C(O)CC1=NP(=O)(O)O)c1cccc(O)c1. The number of rotatable bonds is 5. The van der Waals surface area contributed by atoms with E-state index >= 15 is 0 Å². The second-order valence-electron chi connectivity index (χ2n) is 5.60. The molecule has 1 atom stereocenters. The Labute approximate surface area is 138 Å². The maximum absolute atomic E-state index is 12.5. The van der Waals surface area contributed by atoms with Crippen LogP contribution >= 0.6 is 7.75 Å². The smallest absolute Gasteiger partial charge is 0.448 e. The molecule has 7 nitrogen and oxygen atoms in total. The molecule has 0 aromatic heterocycles. The van der Waals surface area contributed by atoms with Gasteiger partial charge in [0.2, 0.25) is 0 Å². The number of Topliss-reactive ketones (excluding diaryl/α,β-unsaturated/α-hetero) is 1. The van der Waals surface area contributed by atoms with E-state index in [4.69, 9.17) is 9.79 Å². The summed E-state index contributed by atoms with van der Waals surface area (Å²) in [6.07, 6.45) is 2.49. The Hall–Kier alpha value is -2.21. The number of aromatic hydroxyl groups is 1. The van der Waals surface area contributed by atoms with Gasteiger partial charge in [0.1, 0.15) is 5.75 Å². The molecule has 0 radical (unpaired) electrons. The highest BCUT2D eigenvalue weighted by molar-refractivity contribution is 7.50. The normalized spacial score (nSPS) is 18.0. The van der Waals surface area contributed by atoms with Crippen molar-refractivity contribution in [3.63, 3.8) is 0 Å². The van der Waals surface area contributed by atoms with Gasteiger partial charge in [-0.2, -0.15) is 4.76 Å². The third-order valence-electron chi connectivity index (χ3n) is 3.58. The van der Waals surface area contributed by atoms with Crippen LogP contribution in [0.1, 0.15) is 31.2 Å². The minimum atomic E-state index is -4.71. The number of hydrogen-bond donors (Lipinski definition) is 4. The fourth-order valence-electron chi connectivity index (χ4n) is 2.44. The molecule has 0 saturated carbocycles. The Morgan fingerprint density at radius 1 is 1.29 bits per heavy atom. The lowest BCUT2D eigenvalue weighted by Gasteiger charge is -2.17. The fraction of sp³-hybridized carbons (Fsp3) is 0.250. The number of carbonyl (C=O) groups excluding carboxylic acids is 1. The Bertz CT molecular complexity index is 790. The van der Waals surface area contributed by atoms with E-state index in [0.717, 1.165) is 5.56 Å². The molecule has 8 heteroatoms. The molecule has 24 heavy (non-hydrogen) atoms. The van der Waals surface area contributed by atoms with Crippen molar-refractivity contribution in [1.82, 2.24) is 0 Å². The van der Waals surface area contributed by atoms with Gasteiger partial charge in [-0.15, -0.1) is 0 Å². The van der Waals surface area contributed by atoms with Crippen LogP contribution in [-0.4, -0.2) is 31.5 Å². The summed E-state index contributed by atoms with van der Waals surface area (Å²) in [4.78, 5) is 30.5. The lowest BCUT2D eigenvalue weighted by Crippen LogP contribution is -2.18. The van der Waals surface area contributed by atoms with Crippen LogP contribution in [0.25, 0.3) is 0 Å². The van der Waals surface area contributed by atoms with Crippen LogP contribution < -0.4 is 0 Å². The predicted octanol–water partition coefficient (Wildman–Crippen LogP) is 2.76. The number of aliphatic hydroxyl groups excluding tert-OH is 1. The number of phenols is 1. The Morgan fingerprint density at radius 3 is 2.62 bits per heavy atom. The predicted molar refractivity (Wildman–Crippen MR) is 89.0 cm³/mol. The standard InChI is InChI=1S/C16H18NO6P/c1-10(11-3-2-4-12(18)8-11)7-16(20)14-6-5-13(19)9-15(14)17-24(21,22)23/h2-6,8,10,18-19H,7,9H2,1H3,(H2,21,22,23). The number of benzene rings is 1. The Kier molecular flexibility index (Phi) is 5.39. The lowest BCUT2D eigenvalue weighted by molar-refractivity contribution is -0.115. The van der Waals surface area contributed by atoms with Gasteiger partial charge in [0.15, 0.2) is 5.78 Å². The number of allylic oxidation sites excluding steroid dienone is 4. The van der Waals surface area contributed by atoms with Gasteiger partial charge in [0, 0.05) is 18.4 Å². The maximum atomic E-state index is 12.5. The minimum Gasteiger partial charge on any atom is -0.512 e. The molecule has 0 saturated heterocycles. The average molecular weight is 351 g/mol. The number of carbonyl (C=O) groups is 1. The largest absolute Gasteiger partial charge is 0.512 e. The molecule has 1 aliphatic carbocycles. The summed E-state index contributed by atoms with van der Waals surface area (Å²) in [5, 5.41) is 19.0. The zero-order valence-corrected chi connectivity index (χ0v) is 13.8. The van der Waals surface area contributed by atoms with Crippen molar-refractivity contribution < 1.29 is 29.4 Å². The highest BCUT2D eigenvalue weighted by Crippen LogP contribution is 2.38. The summed E-state index contributed by atoms with van der Waals surface area (Å²) in [5.41, 5.74) is 0.714. The second kappa shape index (κ2) is 7.13. The summed E-state index contributed by atoms with van der Waals surface area (Å²) in [6.45, 7) is 1.81. The number of phenolic OH excluding ortho intramolecular Hbond substituents is 1. The maximum Gasteiger partial charge on any atom is 0.448 e. The third-order valence-corrected chi connectivity index (χ3v) is 4.09. The fourth-order valence-corrected chi connectivity index (χ4v) is 2.93. The number of hydrogen-bond acceptors (Lipinski definition) is 4. The molecule has 128 valence electrons. The van der Waals surface area contributed by atoms with Gasteiger partial charge < -0.3 is 20.0 Å². The summed E-state index contributed by atoms with van der Waals surface area (Å²) in [6, 6.07) is 6.54. The molecule has 4 N–H and O–H groups in total. The van der Waals surface area contributed by atoms with Crippen LogP contribution in [0.4, 0.5) is 0 Å². The van der Waals surface area contributed by atoms with Gasteiger partial charge in [-0.25, -0.2) is 4.57 Å². The third kappa shape index (κ3) is 4.89. The van der Waals surface area contributed by atoms with Crippen molar-refractivity contribution in [2.24, 2.45) is 4.76 Å². The molecule has 1 unspecified atom stereocenters. The highest BCUT2D eigenvalue weighted by atomic mass is 31.2. The quantitative estimate of drug-likeness (QED) is 0.604. The van der Waals surface area contributed by atoms with Gasteiger partial charge in [-0.3, -0.25) is 4.79 Å². The second-order valence-corrected chi connectivity index (χ2v) is 6.82. The first kappa shape index (κ1) is 18.1. The van der Waals surface area contributed by atoms with Crippen LogP contribution in [0.5, 0.6) is 5.75 Å². The molecule has 0 bridgehead atoms. The zero-order valence-electron chi connectivity index (χ0n) is 13.0. The minimum absolute atomic E-state index is 0.0723. The summed E-state index contributed by atoms with van der Waals surface area (Å²) in [5.74, 6) is -0.580. The monoisotopic (exact) mass is 351 g/mol. The highest BCUT2D eigenvalue weighted by Gasteiger charge is 2.25. The summed E-state index contributed by atoms with van der Waals surface area (Å²) < 4.78 is 14.4. The molecule has 2 rings (SSSR count). The molecule has 1 aromatic rings. The van der Waals surface area contributed by atoms with Crippen molar-refractivity contribution >= 4 is 19.2 Å². The molecule has 1 aromatic carbocycles. The first-order chi connectivity index (χ1) is 11.2. The van der Waals surface area contributed by atoms with Crippen LogP contribution in [0.15, 0.2) is 52.5 Å². The van der Waals surface area contributed by atoms with E-state index in [1.165, 1.54) is 18.2 Å². The summed E-state index contributed by atoms with van der Waals surface area (Å²) >= 11 is 0. The van der Waals surface area contributed by atoms with E-state index in [1.54, 1.807) is 18.2 Å². The van der Waals surface area contributed by atoms with Gasteiger partial charge in [-0.05, 0) is 35.8 Å². The van der Waals surface area contributed by atoms with Crippen LogP contribution in [0, 0.1) is 0 Å². The zero-order chi connectivity index (χ0) is 17.9. The van der Waals surface area contributed by atoms with Crippen LogP contribution in [0.3, 0.4) is 0 Å². The molecule has 1 aliphatic rings. The average Bonchev–Trinajstić information content (AvgIpc) is 2.45. The molecule has 0 fully saturated rings. The summed E-state index contributed by atoms with van der Waals surface area (Å²) in [7, 11) is -4.71. The molecule has 0 heterocycles. The van der Waals surface area contributed by atoms with E-state index in [0.29, 0.717) is 0 Å². The molecular formula is C16H18NO6P. The first-order valence-corrected chi connectivity index (χ1v) is 8.79. The van der Waals surface area contributed by atoms with Crippen LogP contribution in [0.2, 0.25) is 0 Å². The number of nitrogens with zero attached hydrogens (tertiary/aromatic N) is 1. The van der Waals surface area contributed by atoms with Crippen molar-refractivity contribution in [2.45, 2.75) is 25.7 Å². The molecule has 0 spiro atoms. The number of aliphatic hydroxyl groups is 1. The van der Waals surface area contributed by atoms with Gasteiger partial charge in [0.05, 0.1) is 11.5 Å². The van der Waals surface area contributed by atoms with Crippen molar-refractivity contribution in [3.05, 3.63) is 53.3 Å². The Balaban J connectivity index is 2.23. The van der Waals surface area contributed by atoms with Gasteiger partial charge >= 0.3 is 7.75 Å². The van der Waals surface area contributed by atoms with E-state index in [1.807, 2.05) is 6.92 Å². The van der Waals surface area contributed by atoms with E-state index in [2.05, 4.69) is 4.76 Å². The number of ketones is 1. The van der Waals surface area contributed by atoms with Crippen molar-refractivity contribution in [1.29, 1.82) is 0 Å². The van der Waals surface area contributed by atoms with E-state index < -0.39 is 7.75 Å². The molecule has 0 amide bonds. The topological polar surface area (TPSA) is 127 Å². The Morgan fingerprint density at radius 2 is 2.00 bits per heavy atom. The molecular weight excluding hydrogens is 333 g/mol. The van der Waals surface area contributed by atoms with Gasteiger partial charge in [-0.1, -0.05) is 19.1 Å². The van der Waals surface area contributed by atoms with Crippen LogP contribution in [-0.2, 0) is 9.36 Å².